The van der Waals surface area contributed by atoms with Crippen LogP contribution in [-0.2, 0) is 4.79 Å². The zero-order chi connectivity index (χ0) is 13.7. The molecule has 0 bridgehead atoms. The van der Waals surface area contributed by atoms with Crippen molar-refractivity contribution in [3.8, 4) is 11.1 Å². The van der Waals surface area contributed by atoms with Crippen molar-refractivity contribution in [3.05, 3.63) is 65.7 Å². The van der Waals surface area contributed by atoms with Gasteiger partial charge in [0.1, 0.15) is 0 Å². The lowest BCUT2D eigenvalue weighted by Crippen LogP contribution is -2.00. The number of halogens is 1. The first kappa shape index (κ1) is 13.6. The van der Waals surface area contributed by atoms with E-state index in [9.17, 15) is 4.79 Å². The number of hydrogen-bond acceptors (Lipinski definition) is 1. The summed E-state index contributed by atoms with van der Waals surface area (Å²) in [6.45, 7) is 0. The number of carboxylic acids is 1. The zero-order valence-corrected chi connectivity index (χ0v) is 11.8. The Labute approximate surface area is 120 Å². The third-order valence-electron chi connectivity index (χ3n) is 2.78. The molecule has 19 heavy (non-hydrogen) atoms. The standard InChI is InChI=1S/C16H13BrO2/c17-11-15(16(18)19)10-12-6-8-14(9-7-12)13-4-2-1-3-5-13/h1-10H,11H2,(H,18,19). The van der Waals surface area contributed by atoms with E-state index in [0.717, 1.165) is 16.7 Å². The number of alkyl halides is 1. The molecule has 2 nitrogen and oxygen atoms in total. The molecule has 3 heteroatoms. The van der Waals surface area contributed by atoms with Crippen molar-refractivity contribution in [2.24, 2.45) is 0 Å². The molecule has 0 atom stereocenters. The van der Waals surface area contributed by atoms with E-state index >= 15 is 0 Å². The minimum Gasteiger partial charge on any atom is -0.478 e. The van der Waals surface area contributed by atoms with Gasteiger partial charge >= 0.3 is 5.97 Å². The summed E-state index contributed by atoms with van der Waals surface area (Å²) in [4.78, 5) is 10.9. The first-order chi connectivity index (χ1) is 9.20. The molecule has 0 saturated carbocycles. The first-order valence-electron chi connectivity index (χ1n) is 5.86. The highest BCUT2D eigenvalue weighted by molar-refractivity contribution is 9.09. The molecular formula is C16H13BrO2. The van der Waals surface area contributed by atoms with E-state index in [4.69, 9.17) is 5.11 Å². The van der Waals surface area contributed by atoms with E-state index in [1.54, 1.807) is 6.08 Å². The predicted octanol–water partition coefficient (Wildman–Crippen LogP) is 4.22. The van der Waals surface area contributed by atoms with Crippen molar-refractivity contribution in [1.29, 1.82) is 0 Å². The van der Waals surface area contributed by atoms with Crippen LogP contribution in [0, 0.1) is 0 Å². The summed E-state index contributed by atoms with van der Waals surface area (Å²) >= 11 is 3.18. The van der Waals surface area contributed by atoms with Gasteiger partial charge in [-0.1, -0.05) is 70.5 Å². The van der Waals surface area contributed by atoms with Gasteiger partial charge in [-0.25, -0.2) is 4.79 Å². The summed E-state index contributed by atoms with van der Waals surface area (Å²) < 4.78 is 0. The van der Waals surface area contributed by atoms with E-state index in [1.165, 1.54) is 0 Å². The van der Waals surface area contributed by atoms with Gasteiger partial charge in [0.2, 0.25) is 0 Å². The summed E-state index contributed by atoms with van der Waals surface area (Å²) in [5.41, 5.74) is 3.49. The smallest absolute Gasteiger partial charge is 0.332 e. The highest BCUT2D eigenvalue weighted by Gasteiger charge is 2.05. The van der Waals surface area contributed by atoms with Crippen LogP contribution in [0.15, 0.2) is 60.2 Å². The summed E-state index contributed by atoms with van der Waals surface area (Å²) in [6.07, 6.45) is 1.67. The summed E-state index contributed by atoms with van der Waals surface area (Å²) in [7, 11) is 0. The zero-order valence-electron chi connectivity index (χ0n) is 10.2. The quantitative estimate of drug-likeness (QED) is 0.677. The number of hydrogen-bond donors (Lipinski definition) is 1. The topological polar surface area (TPSA) is 37.3 Å². The largest absolute Gasteiger partial charge is 0.478 e. The highest BCUT2D eigenvalue weighted by Crippen LogP contribution is 2.20. The second-order valence-corrected chi connectivity index (χ2v) is 4.66. The Balaban J connectivity index is 2.27. The van der Waals surface area contributed by atoms with Crippen LogP contribution in [0.2, 0.25) is 0 Å². The van der Waals surface area contributed by atoms with Crippen molar-refractivity contribution in [1.82, 2.24) is 0 Å². The molecule has 0 aliphatic rings. The van der Waals surface area contributed by atoms with Gasteiger partial charge in [0, 0.05) is 10.9 Å². The number of carboxylic acid groups (broad SMARTS) is 1. The van der Waals surface area contributed by atoms with Gasteiger partial charge in [-0.05, 0) is 22.8 Å². The lowest BCUT2D eigenvalue weighted by atomic mass is 10.0. The molecule has 0 fully saturated rings. The van der Waals surface area contributed by atoms with Crippen molar-refractivity contribution >= 4 is 28.0 Å². The molecule has 0 spiro atoms. The predicted molar refractivity (Wildman–Crippen MR) is 81.3 cm³/mol. The number of rotatable bonds is 4. The van der Waals surface area contributed by atoms with Gasteiger partial charge in [0.15, 0.2) is 0 Å². The van der Waals surface area contributed by atoms with Crippen molar-refractivity contribution in [2.45, 2.75) is 0 Å². The Morgan fingerprint density at radius 2 is 1.58 bits per heavy atom. The lowest BCUT2D eigenvalue weighted by Gasteiger charge is -2.03. The SMILES string of the molecule is O=C(O)C(=Cc1ccc(-c2ccccc2)cc1)CBr. The molecule has 2 aromatic carbocycles. The maximum atomic E-state index is 10.9. The number of aliphatic carboxylic acids is 1. The average Bonchev–Trinajstić information content (AvgIpc) is 2.46. The van der Waals surface area contributed by atoms with Crippen molar-refractivity contribution in [2.75, 3.05) is 5.33 Å². The molecule has 0 heterocycles. The van der Waals surface area contributed by atoms with Crippen LogP contribution in [0.5, 0.6) is 0 Å². The molecule has 2 aromatic rings. The molecule has 0 aliphatic carbocycles. The highest BCUT2D eigenvalue weighted by atomic mass is 79.9. The molecule has 0 saturated heterocycles. The molecular weight excluding hydrogens is 304 g/mol. The monoisotopic (exact) mass is 316 g/mol. The molecule has 0 aromatic heterocycles. The van der Waals surface area contributed by atoms with Crippen LogP contribution in [0.3, 0.4) is 0 Å². The second kappa shape index (κ2) is 6.34. The summed E-state index contributed by atoms with van der Waals surface area (Å²) in [6, 6.07) is 17.9. The maximum absolute atomic E-state index is 10.9. The van der Waals surface area contributed by atoms with Crippen molar-refractivity contribution in [3.63, 3.8) is 0 Å². The first-order valence-corrected chi connectivity index (χ1v) is 6.98. The number of benzene rings is 2. The van der Waals surface area contributed by atoms with E-state index in [1.807, 2.05) is 54.6 Å². The van der Waals surface area contributed by atoms with Crippen molar-refractivity contribution < 1.29 is 9.90 Å². The molecule has 0 radical (unpaired) electrons. The Kier molecular flexibility index (Phi) is 4.53. The molecule has 0 amide bonds. The third-order valence-corrected chi connectivity index (χ3v) is 3.38. The van der Waals surface area contributed by atoms with E-state index in [0.29, 0.717) is 10.9 Å². The Hall–Kier alpha value is -1.87. The second-order valence-electron chi connectivity index (χ2n) is 4.10. The van der Waals surface area contributed by atoms with Crippen LogP contribution >= 0.6 is 15.9 Å². The van der Waals surface area contributed by atoms with Gasteiger partial charge in [-0.2, -0.15) is 0 Å². The Morgan fingerprint density at radius 1 is 1.00 bits per heavy atom. The molecule has 0 unspecified atom stereocenters. The Bertz CT molecular complexity index is 586. The summed E-state index contributed by atoms with van der Waals surface area (Å²) in [5, 5.41) is 9.30. The fourth-order valence-electron chi connectivity index (χ4n) is 1.76. The molecule has 0 aliphatic heterocycles. The summed E-state index contributed by atoms with van der Waals surface area (Å²) in [5.74, 6) is -0.899. The molecule has 96 valence electrons. The normalized spacial score (nSPS) is 11.3. The van der Waals surface area contributed by atoms with Gasteiger partial charge in [-0.15, -0.1) is 0 Å². The lowest BCUT2D eigenvalue weighted by molar-refractivity contribution is -0.132. The van der Waals surface area contributed by atoms with Gasteiger partial charge in [0.05, 0.1) is 0 Å². The van der Waals surface area contributed by atoms with Crippen LogP contribution < -0.4 is 0 Å². The molecule has 2 rings (SSSR count). The van der Waals surface area contributed by atoms with E-state index in [2.05, 4.69) is 15.9 Å². The minimum atomic E-state index is -0.899. The minimum absolute atomic E-state index is 0.336. The average molecular weight is 317 g/mol. The van der Waals surface area contributed by atoms with Gasteiger partial charge in [-0.3, -0.25) is 0 Å². The van der Waals surface area contributed by atoms with Gasteiger partial charge in [0.25, 0.3) is 0 Å². The Morgan fingerprint density at radius 3 is 2.11 bits per heavy atom. The van der Waals surface area contributed by atoms with Crippen LogP contribution in [0.4, 0.5) is 0 Å². The fraction of sp³-hybridized carbons (Fsp3) is 0.0625. The molecule has 1 N–H and O–H groups in total. The number of carbonyl (C=O) groups is 1. The maximum Gasteiger partial charge on any atom is 0.332 e. The van der Waals surface area contributed by atoms with Crippen LogP contribution in [0.1, 0.15) is 5.56 Å². The van der Waals surface area contributed by atoms with E-state index in [-0.39, 0.29) is 0 Å². The van der Waals surface area contributed by atoms with Crippen LogP contribution in [-0.4, -0.2) is 16.4 Å². The van der Waals surface area contributed by atoms with Gasteiger partial charge < -0.3 is 5.11 Å². The van der Waals surface area contributed by atoms with E-state index < -0.39 is 5.97 Å². The fourth-order valence-corrected chi connectivity index (χ4v) is 2.16. The van der Waals surface area contributed by atoms with Crippen LogP contribution in [0.25, 0.3) is 17.2 Å². The third kappa shape index (κ3) is 3.55.